The maximum atomic E-state index is 11.1. The van der Waals surface area contributed by atoms with Crippen LogP contribution >= 0.6 is 0 Å². The van der Waals surface area contributed by atoms with Gasteiger partial charge in [0.25, 0.3) is 0 Å². The predicted molar refractivity (Wildman–Crippen MR) is 109 cm³/mol. The number of para-hydroxylation sites is 2. The molecular weight excluding hydrogens is 334 g/mol. The first-order valence-corrected chi connectivity index (χ1v) is 9.13. The fraction of sp³-hybridized carbons (Fsp3) is 0.304. The molecule has 0 radical (unpaired) electrons. The first-order valence-electron chi connectivity index (χ1n) is 9.13. The molecule has 0 saturated carbocycles. The first-order chi connectivity index (χ1) is 12.8. The van der Waals surface area contributed by atoms with E-state index in [0.717, 1.165) is 22.3 Å². The van der Waals surface area contributed by atoms with Crippen LogP contribution in [0.3, 0.4) is 0 Å². The van der Waals surface area contributed by atoms with Crippen LogP contribution in [0, 0.1) is 23.7 Å². The number of phenolic OH excluding ortho intramolecular Hbond substituents is 1. The maximum absolute atomic E-state index is 11.1. The minimum absolute atomic E-state index is 0.0415. The van der Waals surface area contributed by atoms with Crippen molar-refractivity contribution in [1.82, 2.24) is 14.1 Å². The Hall–Kier alpha value is -3.24. The molecule has 2 aromatic carbocycles. The highest BCUT2D eigenvalue weighted by molar-refractivity contribution is 5.79. The standard InChI is InChI=1S/C23H23N3O/c1-6-7-8-11-16(2)18-14-17(23(3,4)5)15-21(22(18)27)26-24-19-12-9-10-13-20(19)25(24)26/h9-10,12-16,27H,1-5H3. The van der Waals surface area contributed by atoms with Gasteiger partial charge in [-0.15, -0.1) is 14.1 Å². The lowest BCUT2D eigenvalue weighted by Crippen LogP contribution is -2.13. The van der Waals surface area contributed by atoms with E-state index in [1.54, 1.807) is 6.92 Å². The molecule has 0 spiro atoms. The second kappa shape index (κ2) is 5.89. The summed E-state index contributed by atoms with van der Waals surface area (Å²) < 4.78 is 4.11. The maximum Gasteiger partial charge on any atom is 0.147 e. The molecule has 1 atom stereocenters. The van der Waals surface area contributed by atoms with Gasteiger partial charge < -0.3 is 5.11 Å². The van der Waals surface area contributed by atoms with E-state index in [0.29, 0.717) is 0 Å². The molecule has 136 valence electrons. The highest BCUT2D eigenvalue weighted by Crippen LogP contribution is 2.39. The minimum Gasteiger partial charge on any atom is -0.505 e. The number of aromatic nitrogens is 3. The van der Waals surface area contributed by atoms with Gasteiger partial charge in [0.2, 0.25) is 0 Å². The van der Waals surface area contributed by atoms with Gasteiger partial charge in [-0.3, -0.25) is 0 Å². The van der Waals surface area contributed by atoms with Crippen LogP contribution < -0.4 is 0 Å². The van der Waals surface area contributed by atoms with Crippen LogP contribution in [0.2, 0.25) is 0 Å². The molecule has 4 aromatic rings. The van der Waals surface area contributed by atoms with Gasteiger partial charge in [0.05, 0.1) is 0 Å². The molecule has 0 saturated heterocycles. The van der Waals surface area contributed by atoms with Crippen LogP contribution in [0.15, 0.2) is 36.4 Å². The van der Waals surface area contributed by atoms with Crippen LogP contribution in [-0.2, 0) is 5.41 Å². The van der Waals surface area contributed by atoms with E-state index in [-0.39, 0.29) is 17.1 Å². The number of hydrogen-bond acceptors (Lipinski definition) is 1. The number of phenols is 1. The number of fused-ring (bicyclic) bond motifs is 4. The van der Waals surface area contributed by atoms with E-state index in [1.165, 1.54) is 5.56 Å². The third-order valence-electron chi connectivity index (χ3n) is 4.96. The van der Waals surface area contributed by atoms with Gasteiger partial charge in [0.15, 0.2) is 0 Å². The molecule has 27 heavy (non-hydrogen) atoms. The molecule has 1 N–H and O–H groups in total. The minimum atomic E-state index is -0.114. The molecule has 4 heteroatoms. The Morgan fingerprint density at radius 1 is 1.00 bits per heavy atom. The summed E-state index contributed by atoms with van der Waals surface area (Å²) >= 11 is 0. The van der Waals surface area contributed by atoms with Crippen LogP contribution in [0.4, 0.5) is 0 Å². The van der Waals surface area contributed by atoms with Crippen LogP contribution in [0.25, 0.3) is 16.7 Å². The van der Waals surface area contributed by atoms with Crippen molar-refractivity contribution in [3.8, 4) is 35.1 Å². The third-order valence-corrected chi connectivity index (χ3v) is 4.96. The van der Waals surface area contributed by atoms with Gasteiger partial charge in [-0.25, -0.2) is 0 Å². The van der Waals surface area contributed by atoms with Crippen molar-refractivity contribution in [2.45, 2.75) is 46.0 Å². The van der Waals surface area contributed by atoms with Crippen molar-refractivity contribution in [2.75, 3.05) is 0 Å². The SMILES string of the molecule is CC#CC#CC(C)c1cc(C(C)(C)C)cc(-n2n3c4ccccc4n23)c1O. The van der Waals surface area contributed by atoms with Crippen molar-refractivity contribution in [2.24, 2.45) is 0 Å². The first kappa shape index (κ1) is 17.2. The lowest BCUT2D eigenvalue weighted by molar-refractivity contribution is 0.462. The average molecular weight is 357 g/mol. The van der Waals surface area contributed by atoms with Gasteiger partial charge in [0.1, 0.15) is 22.5 Å². The van der Waals surface area contributed by atoms with Crippen LogP contribution in [0.1, 0.15) is 51.7 Å². The van der Waals surface area contributed by atoms with E-state index >= 15 is 0 Å². The topological polar surface area (TPSA) is 34.0 Å². The monoisotopic (exact) mass is 357 g/mol. The molecule has 1 unspecified atom stereocenters. The summed E-state index contributed by atoms with van der Waals surface area (Å²) in [6, 6.07) is 12.3. The van der Waals surface area contributed by atoms with Crippen molar-refractivity contribution in [3.05, 3.63) is 47.5 Å². The van der Waals surface area contributed by atoms with E-state index in [4.69, 9.17) is 0 Å². The molecule has 4 rings (SSSR count). The summed E-state index contributed by atoms with van der Waals surface area (Å²) in [7, 11) is 0. The van der Waals surface area contributed by atoms with Gasteiger partial charge >= 0.3 is 0 Å². The Balaban J connectivity index is 1.90. The Bertz CT molecular complexity index is 1210. The lowest BCUT2D eigenvalue weighted by Gasteiger charge is -2.22. The summed E-state index contributed by atoms with van der Waals surface area (Å²) in [5.41, 5.74) is 5.03. The Labute approximate surface area is 159 Å². The molecule has 0 aliphatic rings. The zero-order valence-electron chi connectivity index (χ0n) is 16.3. The predicted octanol–water partition coefficient (Wildman–Crippen LogP) is 4.55. The van der Waals surface area contributed by atoms with E-state index in [9.17, 15) is 5.11 Å². The summed E-state index contributed by atoms with van der Waals surface area (Å²) in [5.74, 6) is 11.7. The number of rotatable bonds is 2. The van der Waals surface area contributed by atoms with E-state index < -0.39 is 0 Å². The fourth-order valence-electron chi connectivity index (χ4n) is 3.34. The zero-order valence-corrected chi connectivity index (χ0v) is 16.3. The zero-order chi connectivity index (χ0) is 19.3. The van der Waals surface area contributed by atoms with Crippen molar-refractivity contribution < 1.29 is 5.11 Å². The second-order valence-electron chi connectivity index (χ2n) is 7.91. The van der Waals surface area contributed by atoms with E-state index in [1.807, 2.05) is 23.9 Å². The lowest BCUT2D eigenvalue weighted by atomic mass is 9.84. The molecule has 4 nitrogen and oxygen atoms in total. The number of hydrogen-bond donors (Lipinski definition) is 1. The molecule has 0 fully saturated rings. The normalized spacial score (nSPS) is 12.8. The average Bonchev–Trinajstić information content (AvgIpc) is 3.27. The molecule has 2 aromatic heterocycles. The third kappa shape index (κ3) is 2.66. The Kier molecular flexibility index (Phi) is 3.75. The highest BCUT2D eigenvalue weighted by Gasteiger charge is 2.29. The largest absolute Gasteiger partial charge is 0.505 e. The summed E-state index contributed by atoms with van der Waals surface area (Å²) in [4.78, 5) is 2.00. The van der Waals surface area contributed by atoms with Crippen molar-refractivity contribution in [3.63, 3.8) is 0 Å². The Morgan fingerprint density at radius 2 is 1.63 bits per heavy atom. The smallest absolute Gasteiger partial charge is 0.147 e. The van der Waals surface area contributed by atoms with Crippen LogP contribution in [0.5, 0.6) is 5.75 Å². The molecular formula is C23H23N3O. The molecule has 0 aliphatic carbocycles. The number of benzene rings is 2. The summed E-state index contributed by atoms with van der Waals surface area (Å²) in [6.45, 7) is 10.3. The van der Waals surface area contributed by atoms with Gasteiger partial charge in [0, 0.05) is 11.5 Å². The summed E-state index contributed by atoms with van der Waals surface area (Å²) in [6.07, 6.45) is 0. The van der Waals surface area contributed by atoms with Crippen LogP contribution in [-0.4, -0.2) is 19.2 Å². The van der Waals surface area contributed by atoms with Gasteiger partial charge in [-0.2, -0.15) is 0 Å². The molecule has 0 aliphatic heterocycles. The quantitative estimate of drug-likeness (QED) is 0.525. The summed E-state index contributed by atoms with van der Waals surface area (Å²) in [5, 5.41) is 11.1. The molecule has 0 bridgehead atoms. The fourth-order valence-corrected chi connectivity index (χ4v) is 3.34. The van der Waals surface area contributed by atoms with Gasteiger partial charge in [-0.05, 0) is 54.9 Å². The number of nitrogens with zero attached hydrogens (tertiary/aromatic N) is 3. The number of aromatic hydroxyl groups is 1. The molecule has 0 amide bonds. The Morgan fingerprint density at radius 3 is 2.19 bits per heavy atom. The van der Waals surface area contributed by atoms with Crippen molar-refractivity contribution in [1.29, 1.82) is 0 Å². The highest BCUT2D eigenvalue weighted by atomic mass is 16.3. The van der Waals surface area contributed by atoms with Crippen molar-refractivity contribution >= 4 is 11.0 Å². The van der Waals surface area contributed by atoms with E-state index in [2.05, 4.69) is 78.0 Å². The molecule has 2 heterocycles. The van der Waals surface area contributed by atoms with Gasteiger partial charge in [-0.1, -0.05) is 50.8 Å². The second-order valence-corrected chi connectivity index (χ2v) is 7.91.